The van der Waals surface area contributed by atoms with Crippen LogP contribution in [-0.4, -0.2) is 15.6 Å². The molecule has 0 aliphatic rings. The number of benzene rings is 1. The molecule has 0 spiro atoms. The number of hydrogen-bond acceptors (Lipinski definition) is 2. The minimum atomic E-state index is 0.0974. The number of hydrogen-bond donors (Lipinski definition) is 2. The molecule has 0 unspecified atom stereocenters. The van der Waals surface area contributed by atoms with Crippen molar-refractivity contribution in [3.05, 3.63) is 51.4 Å². The van der Waals surface area contributed by atoms with Crippen LogP contribution in [0.4, 0.5) is 0 Å². The Kier molecular flexibility index (Phi) is 3.23. The minimum absolute atomic E-state index is 0.0974. The summed E-state index contributed by atoms with van der Waals surface area (Å²) >= 11 is 2.23. The molecule has 0 atom stereocenters. The molecule has 0 aliphatic heterocycles. The van der Waals surface area contributed by atoms with E-state index in [9.17, 15) is 0 Å². The predicted octanol–water partition coefficient (Wildman–Crippen LogP) is 1.82. The lowest BCUT2D eigenvalue weighted by Gasteiger charge is -2.03. The highest BCUT2D eigenvalue weighted by atomic mass is 127. The highest BCUT2D eigenvalue weighted by Crippen LogP contribution is 2.07. The molecule has 0 bridgehead atoms. The Morgan fingerprint density at radius 1 is 1.38 bits per heavy atom. The normalized spacial score (nSPS) is 10.3. The second kappa shape index (κ2) is 4.65. The van der Waals surface area contributed by atoms with Gasteiger partial charge in [0.1, 0.15) is 5.84 Å². The number of nitrogens with two attached hydrogens (primary N) is 1. The first-order valence-corrected chi connectivity index (χ1v) is 5.84. The molecule has 0 saturated carbocycles. The van der Waals surface area contributed by atoms with E-state index in [0.29, 0.717) is 0 Å². The molecule has 0 aliphatic carbocycles. The lowest BCUT2D eigenvalue weighted by atomic mass is 10.1. The van der Waals surface area contributed by atoms with Crippen molar-refractivity contribution in [3.8, 4) is 0 Å². The monoisotopic (exact) mass is 326 g/mol. The Morgan fingerprint density at radius 3 is 2.56 bits per heavy atom. The molecule has 1 aromatic heterocycles. The van der Waals surface area contributed by atoms with E-state index in [-0.39, 0.29) is 5.84 Å². The van der Waals surface area contributed by atoms with Crippen LogP contribution in [0.1, 0.15) is 11.1 Å². The first kappa shape index (κ1) is 11.1. The fourth-order valence-corrected chi connectivity index (χ4v) is 1.85. The minimum Gasteiger partial charge on any atom is -0.384 e. The van der Waals surface area contributed by atoms with Crippen LogP contribution in [0.25, 0.3) is 0 Å². The van der Waals surface area contributed by atoms with E-state index >= 15 is 0 Å². The molecule has 5 heteroatoms. The first-order valence-electron chi connectivity index (χ1n) is 4.76. The lowest BCUT2D eigenvalue weighted by molar-refractivity contribution is 0.686. The largest absolute Gasteiger partial charge is 0.384 e. The summed E-state index contributed by atoms with van der Waals surface area (Å²) in [6.45, 7) is 0.737. The van der Waals surface area contributed by atoms with E-state index in [0.717, 1.165) is 21.2 Å². The van der Waals surface area contributed by atoms with Crippen molar-refractivity contribution in [2.45, 2.75) is 6.54 Å². The quantitative estimate of drug-likeness (QED) is 0.513. The third kappa shape index (κ3) is 2.60. The molecule has 0 fully saturated rings. The van der Waals surface area contributed by atoms with E-state index in [4.69, 9.17) is 11.1 Å². The molecule has 16 heavy (non-hydrogen) atoms. The Morgan fingerprint density at radius 2 is 2.06 bits per heavy atom. The molecule has 1 aromatic carbocycles. The Balaban J connectivity index is 2.14. The standard InChI is InChI=1S/C11H11IN4/c12-10-5-15-16(7-10)6-8-1-3-9(4-2-8)11(13)14/h1-5,7H,6H2,(H3,13,14). The molecule has 2 rings (SSSR count). The Hall–Kier alpha value is -1.37. The molecular formula is C11H11IN4. The summed E-state index contributed by atoms with van der Waals surface area (Å²) in [6, 6.07) is 7.63. The number of halogens is 1. The van der Waals surface area contributed by atoms with Gasteiger partial charge in [-0.25, -0.2) is 0 Å². The van der Waals surface area contributed by atoms with E-state index in [2.05, 4.69) is 27.7 Å². The van der Waals surface area contributed by atoms with Crippen molar-refractivity contribution < 1.29 is 0 Å². The Labute approximate surface area is 107 Å². The maximum atomic E-state index is 7.29. The van der Waals surface area contributed by atoms with Crippen LogP contribution >= 0.6 is 22.6 Å². The van der Waals surface area contributed by atoms with Gasteiger partial charge in [0.05, 0.1) is 16.3 Å². The average molecular weight is 326 g/mol. The number of nitrogens with one attached hydrogen (secondary N) is 1. The topological polar surface area (TPSA) is 67.7 Å². The van der Waals surface area contributed by atoms with Crippen molar-refractivity contribution in [1.29, 1.82) is 5.41 Å². The molecule has 3 N–H and O–H groups in total. The van der Waals surface area contributed by atoms with Crippen LogP contribution in [-0.2, 0) is 6.54 Å². The molecule has 1 heterocycles. The number of nitrogens with zero attached hydrogens (tertiary/aromatic N) is 2. The fraction of sp³-hybridized carbons (Fsp3) is 0.0909. The average Bonchev–Trinajstić information content (AvgIpc) is 2.65. The van der Waals surface area contributed by atoms with E-state index in [1.54, 1.807) is 0 Å². The van der Waals surface area contributed by atoms with Gasteiger partial charge in [-0.3, -0.25) is 10.1 Å². The van der Waals surface area contributed by atoms with Crippen molar-refractivity contribution >= 4 is 28.4 Å². The maximum Gasteiger partial charge on any atom is 0.122 e. The zero-order valence-electron chi connectivity index (χ0n) is 8.52. The van der Waals surface area contributed by atoms with Crippen molar-refractivity contribution in [2.75, 3.05) is 0 Å². The molecule has 2 aromatic rings. The van der Waals surface area contributed by atoms with Gasteiger partial charge < -0.3 is 5.73 Å². The number of nitrogen functional groups attached to an aromatic ring is 1. The number of aromatic nitrogens is 2. The highest BCUT2D eigenvalue weighted by Gasteiger charge is 1.99. The maximum absolute atomic E-state index is 7.29. The smallest absolute Gasteiger partial charge is 0.122 e. The molecule has 4 nitrogen and oxygen atoms in total. The van der Waals surface area contributed by atoms with Gasteiger partial charge in [0.15, 0.2) is 0 Å². The summed E-state index contributed by atoms with van der Waals surface area (Å²) in [5.74, 6) is 0.0974. The number of rotatable bonds is 3. The van der Waals surface area contributed by atoms with Crippen molar-refractivity contribution in [2.24, 2.45) is 5.73 Å². The van der Waals surface area contributed by atoms with Crippen LogP contribution in [0.3, 0.4) is 0 Å². The first-order chi connectivity index (χ1) is 7.65. The van der Waals surface area contributed by atoms with Gasteiger partial charge in [0.2, 0.25) is 0 Å². The molecule has 0 radical (unpaired) electrons. The number of amidine groups is 1. The van der Waals surface area contributed by atoms with Gasteiger partial charge in [0, 0.05) is 11.8 Å². The molecule has 82 valence electrons. The molecule has 0 saturated heterocycles. The highest BCUT2D eigenvalue weighted by molar-refractivity contribution is 14.1. The molecular weight excluding hydrogens is 315 g/mol. The van der Waals surface area contributed by atoms with E-state index in [1.165, 1.54) is 0 Å². The summed E-state index contributed by atoms with van der Waals surface area (Å²) in [7, 11) is 0. The van der Waals surface area contributed by atoms with E-state index < -0.39 is 0 Å². The summed E-state index contributed by atoms with van der Waals surface area (Å²) in [6.07, 6.45) is 3.81. The van der Waals surface area contributed by atoms with Gasteiger partial charge in [-0.15, -0.1) is 0 Å². The van der Waals surface area contributed by atoms with Crippen molar-refractivity contribution in [3.63, 3.8) is 0 Å². The zero-order valence-corrected chi connectivity index (χ0v) is 10.7. The lowest BCUT2D eigenvalue weighted by Crippen LogP contribution is -2.11. The van der Waals surface area contributed by atoms with Gasteiger partial charge >= 0.3 is 0 Å². The van der Waals surface area contributed by atoms with Gasteiger partial charge in [0.25, 0.3) is 0 Å². The SMILES string of the molecule is N=C(N)c1ccc(Cn2cc(I)cn2)cc1. The van der Waals surface area contributed by atoms with Crippen molar-refractivity contribution in [1.82, 2.24) is 9.78 Å². The Bertz CT molecular complexity index is 501. The van der Waals surface area contributed by atoms with Crippen LogP contribution in [0.5, 0.6) is 0 Å². The summed E-state index contributed by atoms with van der Waals surface area (Å²) in [5.41, 5.74) is 7.28. The van der Waals surface area contributed by atoms with Gasteiger partial charge in [-0.2, -0.15) is 5.10 Å². The second-order valence-electron chi connectivity index (χ2n) is 3.47. The summed E-state index contributed by atoms with van der Waals surface area (Å²) < 4.78 is 3.00. The van der Waals surface area contributed by atoms with Crippen LogP contribution in [0.2, 0.25) is 0 Å². The third-order valence-corrected chi connectivity index (χ3v) is 2.77. The fourth-order valence-electron chi connectivity index (χ4n) is 1.40. The summed E-state index contributed by atoms with van der Waals surface area (Å²) in [5, 5.41) is 11.5. The summed E-state index contributed by atoms with van der Waals surface area (Å²) in [4.78, 5) is 0. The van der Waals surface area contributed by atoms with Gasteiger partial charge in [-0.1, -0.05) is 24.3 Å². The van der Waals surface area contributed by atoms with Gasteiger partial charge in [-0.05, 0) is 28.2 Å². The second-order valence-corrected chi connectivity index (χ2v) is 4.71. The third-order valence-electron chi connectivity index (χ3n) is 2.21. The van der Waals surface area contributed by atoms with Crippen LogP contribution < -0.4 is 5.73 Å². The van der Waals surface area contributed by atoms with Crippen LogP contribution in [0.15, 0.2) is 36.7 Å². The zero-order chi connectivity index (χ0) is 11.5. The van der Waals surface area contributed by atoms with Crippen LogP contribution in [0, 0.1) is 8.98 Å². The predicted molar refractivity (Wildman–Crippen MR) is 71.5 cm³/mol. The van der Waals surface area contributed by atoms with E-state index in [1.807, 2.05) is 41.3 Å². The molecule has 0 amide bonds.